The number of rotatable bonds is 6. The van der Waals surface area contributed by atoms with E-state index >= 15 is 0 Å². The number of hydrogen-bond acceptors (Lipinski definition) is 6. The fourth-order valence-electron chi connectivity index (χ4n) is 2.90. The van der Waals surface area contributed by atoms with Crippen LogP contribution in [0.25, 0.3) is 5.69 Å². The van der Waals surface area contributed by atoms with Gasteiger partial charge in [-0.1, -0.05) is 6.07 Å². The van der Waals surface area contributed by atoms with Gasteiger partial charge in [-0.3, -0.25) is 4.79 Å². The van der Waals surface area contributed by atoms with Crippen molar-refractivity contribution in [1.82, 2.24) is 19.7 Å². The van der Waals surface area contributed by atoms with Gasteiger partial charge in [0, 0.05) is 10.9 Å². The van der Waals surface area contributed by atoms with Crippen molar-refractivity contribution in [2.24, 2.45) is 0 Å². The third-order valence-corrected chi connectivity index (χ3v) is 5.21. The minimum Gasteiger partial charge on any atom is -0.487 e. The number of thiazole rings is 1. The number of amides is 1. The van der Waals surface area contributed by atoms with Crippen molar-refractivity contribution in [3.63, 3.8) is 0 Å². The SMILES string of the molecule is Cc1nc(COc2cccc(C(=O)Nc3cc(C(F)(F)F)ccc3-n3cncn3)c2)cs1. The van der Waals surface area contributed by atoms with Crippen molar-refractivity contribution in [2.75, 3.05) is 5.32 Å². The number of alkyl halides is 3. The summed E-state index contributed by atoms with van der Waals surface area (Å²) in [5.74, 6) is -0.163. The summed E-state index contributed by atoms with van der Waals surface area (Å²) in [6.45, 7) is 2.12. The van der Waals surface area contributed by atoms with Gasteiger partial charge in [-0.25, -0.2) is 14.6 Å². The molecule has 7 nitrogen and oxygen atoms in total. The number of carbonyl (C=O) groups is 1. The van der Waals surface area contributed by atoms with E-state index < -0.39 is 17.6 Å². The number of aromatic nitrogens is 4. The zero-order valence-corrected chi connectivity index (χ0v) is 17.4. The number of anilines is 1. The zero-order chi connectivity index (χ0) is 22.7. The summed E-state index contributed by atoms with van der Waals surface area (Å²) >= 11 is 1.50. The Morgan fingerprint density at radius 2 is 2.06 bits per heavy atom. The first-order valence-electron chi connectivity index (χ1n) is 9.31. The molecule has 2 heterocycles. The van der Waals surface area contributed by atoms with Gasteiger partial charge in [0.1, 0.15) is 25.0 Å². The summed E-state index contributed by atoms with van der Waals surface area (Å²) in [6.07, 6.45) is -2.00. The Balaban J connectivity index is 1.56. The van der Waals surface area contributed by atoms with Crippen LogP contribution in [0.2, 0.25) is 0 Å². The molecule has 0 saturated heterocycles. The van der Waals surface area contributed by atoms with Crippen molar-refractivity contribution in [2.45, 2.75) is 19.7 Å². The highest BCUT2D eigenvalue weighted by Gasteiger charge is 2.31. The van der Waals surface area contributed by atoms with Gasteiger partial charge in [0.2, 0.25) is 0 Å². The highest BCUT2D eigenvalue weighted by Crippen LogP contribution is 2.33. The van der Waals surface area contributed by atoms with Crippen LogP contribution < -0.4 is 10.1 Å². The largest absolute Gasteiger partial charge is 0.487 e. The molecule has 0 atom stereocenters. The Hall–Kier alpha value is -3.73. The van der Waals surface area contributed by atoms with Gasteiger partial charge in [0.15, 0.2) is 0 Å². The Morgan fingerprint density at radius 3 is 2.75 bits per heavy atom. The number of halogens is 3. The first kappa shape index (κ1) is 21.5. The molecule has 4 aromatic rings. The van der Waals surface area contributed by atoms with Gasteiger partial charge in [-0.2, -0.15) is 18.3 Å². The van der Waals surface area contributed by atoms with Crippen LogP contribution >= 0.6 is 11.3 Å². The van der Waals surface area contributed by atoms with Gasteiger partial charge in [0.25, 0.3) is 5.91 Å². The van der Waals surface area contributed by atoms with Gasteiger partial charge in [0.05, 0.1) is 27.6 Å². The maximum atomic E-state index is 13.2. The lowest BCUT2D eigenvalue weighted by molar-refractivity contribution is -0.137. The van der Waals surface area contributed by atoms with Crippen LogP contribution in [0.3, 0.4) is 0 Å². The minimum atomic E-state index is -4.57. The van der Waals surface area contributed by atoms with Crippen LogP contribution in [0.5, 0.6) is 5.75 Å². The molecular weight excluding hydrogens is 443 g/mol. The van der Waals surface area contributed by atoms with Crippen molar-refractivity contribution in [3.05, 3.63) is 82.3 Å². The molecule has 0 bridgehead atoms. The molecule has 2 aromatic carbocycles. The fraction of sp³-hybridized carbons (Fsp3) is 0.143. The summed E-state index contributed by atoms with van der Waals surface area (Å²) in [5.41, 5.74) is 0.282. The van der Waals surface area contributed by atoms with E-state index in [2.05, 4.69) is 20.4 Å². The second kappa shape index (κ2) is 8.79. The van der Waals surface area contributed by atoms with Crippen LogP contribution in [-0.2, 0) is 12.8 Å². The van der Waals surface area contributed by atoms with Gasteiger partial charge in [-0.15, -0.1) is 11.3 Å². The molecule has 1 N–H and O–H groups in total. The number of nitrogens with one attached hydrogen (secondary N) is 1. The molecule has 0 aliphatic heterocycles. The van der Waals surface area contributed by atoms with Gasteiger partial charge >= 0.3 is 6.18 Å². The number of benzene rings is 2. The summed E-state index contributed by atoms with van der Waals surface area (Å²) in [5, 5.41) is 9.27. The van der Waals surface area contributed by atoms with Crippen LogP contribution in [0.4, 0.5) is 18.9 Å². The highest BCUT2D eigenvalue weighted by atomic mass is 32.1. The number of ether oxygens (including phenoxy) is 1. The monoisotopic (exact) mass is 459 g/mol. The van der Waals surface area contributed by atoms with E-state index in [1.54, 1.807) is 12.1 Å². The summed E-state index contributed by atoms with van der Waals surface area (Å²) in [6, 6.07) is 9.36. The molecule has 0 aliphatic rings. The second-order valence-corrected chi connectivity index (χ2v) is 7.76. The topological polar surface area (TPSA) is 81.9 Å². The molecule has 0 fully saturated rings. The predicted molar refractivity (Wildman–Crippen MR) is 112 cm³/mol. The van der Waals surface area contributed by atoms with Crippen LogP contribution in [-0.4, -0.2) is 25.7 Å². The Bertz CT molecular complexity index is 1240. The van der Waals surface area contributed by atoms with Crippen molar-refractivity contribution < 1.29 is 22.7 Å². The summed E-state index contributed by atoms with van der Waals surface area (Å²) in [4.78, 5) is 20.9. The summed E-state index contributed by atoms with van der Waals surface area (Å²) in [7, 11) is 0. The molecule has 0 saturated carbocycles. The first-order chi connectivity index (χ1) is 15.3. The van der Waals surface area contributed by atoms with Crippen molar-refractivity contribution in [3.8, 4) is 11.4 Å². The zero-order valence-electron chi connectivity index (χ0n) is 16.6. The second-order valence-electron chi connectivity index (χ2n) is 6.70. The van der Waals surface area contributed by atoms with Gasteiger partial charge in [-0.05, 0) is 43.3 Å². The molecule has 164 valence electrons. The molecule has 11 heteroatoms. The smallest absolute Gasteiger partial charge is 0.416 e. The Morgan fingerprint density at radius 1 is 1.22 bits per heavy atom. The van der Waals surface area contributed by atoms with E-state index in [0.29, 0.717) is 5.75 Å². The molecular formula is C21H16F3N5O2S. The average Bonchev–Trinajstić information content (AvgIpc) is 3.44. The minimum absolute atomic E-state index is 0.0559. The van der Waals surface area contributed by atoms with Crippen LogP contribution in [0.15, 0.2) is 60.5 Å². The normalized spacial score (nSPS) is 11.4. The molecule has 1 amide bonds. The molecule has 0 spiro atoms. The lowest BCUT2D eigenvalue weighted by atomic mass is 10.1. The van der Waals surface area contributed by atoms with E-state index in [0.717, 1.165) is 22.8 Å². The third-order valence-electron chi connectivity index (χ3n) is 4.39. The van der Waals surface area contributed by atoms with Crippen molar-refractivity contribution in [1.29, 1.82) is 0 Å². The van der Waals surface area contributed by atoms with E-state index in [1.165, 1.54) is 46.9 Å². The summed E-state index contributed by atoms with van der Waals surface area (Å²) < 4.78 is 46.6. The van der Waals surface area contributed by atoms with Gasteiger partial charge < -0.3 is 10.1 Å². The lowest BCUT2D eigenvalue weighted by Gasteiger charge is -2.15. The van der Waals surface area contributed by atoms with E-state index in [9.17, 15) is 18.0 Å². The first-order valence-corrected chi connectivity index (χ1v) is 10.2. The average molecular weight is 459 g/mol. The maximum absolute atomic E-state index is 13.2. The van der Waals surface area contributed by atoms with Crippen LogP contribution in [0, 0.1) is 6.92 Å². The molecule has 0 unspecified atom stereocenters. The van der Waals surface area contributed by atoms with E-state index in [-0.39, 0.29) is 23.5 Å². The predicted octanol–water partition coefficient (Wildman–Crippen LogP) is 4.88. The standard InChI is InChI=1S/C21H16F3N5O2S/c1-13-27-16(10-32-13)9-31-17-4-2-3-14(7-17)20(30)28-18-8-15(21(22,23)24)5-6-19(18)29-12-25-11-26-29/h2-8,10-12H,9H2,1H3,(H,28,30). The lowest BCUT2D eigenvalue weighted by Crippen LogP contribution is -2.16. The number of carbonyl (C=O) groups excluding carboxylic acids is 1. The molecule has 2 aromatic heterocycles. The number of aryl methyl sites for hydroxylation is 1. The highest BCUT2D eigenvalue weighted by molar-refractivity contribution is 7.09. The number of hydrogen-bond donors (Lipinski definition) is 1. The quantitative estimate of drug-likeness (QED) is 0.444. The molecule has 32 heavy (non-hydrogen) atoms. The molecule has 0 aliphatic carbocycles. The maximum Gasteiger partial charge on any atom is 0.416 e. The molecule has 0 radical (unpaired) electrons. The van der Waals surface area contributed by atoms with Crippen molar-refractivity contribution >= 4 is 22.9 Å². The van der Waals surface area contributed by atoms with E-state index in [4.69, 9.17) is 4.74 Å². The molecule has 4 rings (SSSR count). The fourth-order valence-corrected chi connectivity index (χ4v) is 3.50. The number of nitrogens with zero attached hydrogens (tertiary/aromatic N) is 4. The van der Waals surface area contributed by atoms with E-state index in [1.807, 2.05) is 12.3 Å². The van der Waals surface area contributed by atoms with Crippen LogP contribution in [0.1, 0.15) is 26.6 Å². The Kier molecular flexibility index (Phi) is 5.91. The third kappa shape index (κ3) is 4.94. The Labute approximate surface area is 184 Å².